The van der Waals surface area contributed by atoms with Gasteiger partial charge in [-0.05, 0) is 93.7 Å². The van der Waals surface area contributed by atoms with Gasteiger partial charge in [-0.15, -0.1) is 0 Å². The van der Waals surface area contributed by atoms with Gasteiger partial charge < -0.3 is 25.2 Å². The van der Waals surface area contributed by atoms with Gasteiger partial charge in [0.05, 0.1) is 12.7 Å². The van der Waals surface area contributed by atoms with E-state index < -0.39 is 29.7 Å². The Labute approximate surface area is 235 Å². The molecule has 1 aliphatic carbocycles. The van der Waals surface area contributed by atoms with E-state index in [4.69, 9.17) is 9.47 Å². The lowest BCUT2D eigenvalue weighted by atomic mass is 9.81. The number of benzene rings is 2. The molecule has 1 atom stereocenters. The number of methoxy groups -OCH3 is 1. The molecule has 3 rings (SSSR count). The van der Waals surface area contributed by atoms with Gasteiger partial charge in [-0.1, -0.05) is 30.3 Å². The second kappa shape index (κ2) is 13.5. The number of alkyl carbamates (subject to hydrolysis) is 1. The van der Waals surface area contributed by atoms with Crippen molar-refractivity contribution < 1.29 is 33.8 Å². The number of carbonyl (C=O) groups is 4. The molecule has 2 aromatic rings. The van der Waals surface area contributed by atoms with Crippen molar-refractivity contribution >= 4 is 23.9 Å². The topological polar surface area (TPSA) is 131 Å². The summed E-state index contributed by atoms with van der Waals surface area (Å²) in [6.07, 6.45) is 2.54. The monoisotopic (exact) mass is 552 g/mol. The van der Waals surface area contributed by atoms with E-state index in [0.717, 1.165) is 35.1 Å². The summed E-state index contributed by atoms with van der Waals surface area (Å²) < 4.78 is 10.0. The normalized spacial score (nSPS) is 17.8. The van der Waals surface area contributed by atoms with Crippen LogP contribution in [0, 0.1) is 18.8 Å². The third-order valence-corrected chi connectivity index (χ3v) is 7.12. The van der Waals surface area contributed by atoms with Crippen LogP contribution in [0.25, 0.3) is 11.1 Å². The van der Waals surface area contributed by atoms with Crippen LogP contribution in [0.2, 0.25) is 0 Å². The van der Waals surface area contributed by atoms with Gasteiger partial charge in [0.15, 0.2) is 0 Å². The first-order chi connectivity index (χ1) is 18.9. The number of ether oxygens (including phenoxy) is 2. The fourth-order valence-electron chi connectivity index (χ4n) is 4.95. The maximum absolute atomic E-state index is 12.9. The van der Waals surface area contributed by atoms with Gasteiger partial charge in [-0.3, -0.25) is 4.79 Å². The fraction of sp³-hybridized carbons (Fsp3) is 0.484. The molecule has 40 heavy (non-hydrogen) atoms. The molecule has 1 fully saturated rings. The highest BCUT2D eigenvalue weighted by atomic mass is 16.6. The molecule has 2 aromatic carbocycles. The Hall–Kier alpha value is -3.88. The van der Waals surface area contributed by atoms with E-state index >= 15 is 0 Å². The van der Waals surface area contributed by atoms with Crippen LogP contribution < -0.4 is 10.6 Å². The van der Waals surface area contributed by atoms with Crippen LogP contribution >= 0.6 is 0 Å². The van der Waals surface area contributed by atoms with Crippen molar-refractivity contribution in [3.63, 3.8) is 0 Å². The highest BCUT2D eigenvalue weighted by Gasteiger charge is 2.30. The molecule has 0 saturated heterocycles. The number of carboxylic acid groups (broad SMARTS) is 1. The van der Waals surface area contributed by atoms with E-state index in [0.29, 0.717) is 24.9 Å². The Balaban J connectivity index is 1.52. The average Bonchev–Trinajstić information content (AvgIpc) is 2.90. The van der Waals surface area contributed by atoms with Crippen LogP contribution in [0.3, 0.4) is 0 Å². The second-order valence-corrected chi connectivity index (χ2v) is 11.4. The first-order valence-electron chi connectivity index (χ1n) is 13.6. The zero-order valence-corrected chi connectivity index (χ0v) is 23.9. The zero-order valence-electron chi connectivity index (χ0n) is 23.9. The van der Waals surface area contributed by atoms with Crippen LogP contribution in [-0.2, 0) is 25.5 Å². The number of amides is 2. The average molecular weight is 553 g/mol. The van der Waals surface area contributed by atoms with Gasteiger partial charge >= 0.3 is 18.0 Å². The predicted octanol–water partition coefficient (Wildman–Crippen LogP) is 4.89. The number of carbonyl (C=O) groups excluding carboxylic acids is 3. The van der Waals surface area contributed by atoms with Gasteiger partial charge in [0.2, 0.25) is 5.91 Å². The van der Waals surface area contributed by atoms with E-state index in [2.05, 4.69) is 10.6 Å². The summed E-state index contributed by atoms with van der Waals surface area (Å²) in [6, 6.07) is 11.8. The molecule has 0 aliphatic heterocycles. The van der Waals surface area contributed by atoms with Crippen molar-refractivity contribution in [3.05, 3.63) is 59.2 Å². The second-order valence-electron chi connectivity index (χ2n) is 11.4. The number of nitrogens with one attached hydrogen (secondary N) is 2. The Morgan fingerprint density at radius 2 is 1.65 bits per heavy atom. The summed E-state index contributed by atoms with van der Waals surface area (Å²) in [5.74, 6) is -1.72. The molecular weight excluding hydrogens is 512 g/mol. The van der Waals surface area contributed by atoms with Gasteiger partial charge in [0.1, 0.15) is 11.6 Å². The molecular formula is C31H40N2O7. The number of aryl methyl sites for hydroxylation is 1. The molecule has 0 unspecified atom stereocenters. The molecule has 216 valence electrons. The van der Waals surface area contributed by atoms with Gasteiger partial charge in [-0.25, -0.2) is 14.4 Å². The smallest absolute Gasteiger partial charge is 0.407 e. The number of hydrogen-bond donors (Lipinski definition) is 3. The fourth-order valence-corrected chi connectivity index (χ4v) is 4.95. The van der Waals surface area contributed by atoms with E-state index in [9.17, 15) is 24.3 Å². The van der Waals surface area contributed by atoms with Crippen molar-refractivity contribution in [2.24, 2.45) is 11.8 Å². The Bertz CT molecular complexity index is 1210. The minimum absolute atomic E-state index is 0.163. The molecule has 0 aromatic heterocycles. The lowest BCUT2D eigenvalue weighted by molar-refractivity contribution is -0.142. The lowest BCUT2D eigenvalue weighted by Crippen LogP contribution is -2.46. The van der Waals surface area contributed by atoms with Gasteiger partial charge in [0.25, 0.3) is 0 Å². The van der Waals surface area contributed by atoms with Crippen LogP contribution in [0.15, 0.2) is 42.5 Å². The standard InChI is InChI=1S/C31H40N2O7/c1-19-16-24(29(37)39-5)14-15-25(19)22-10-6-20(7-11-22)17-26(28(35)36)33-27(34)23-12-8-21(9-13-23)18-32-30(38)40-31(2,3)4/h6-7,10-11,14-16,21,23,26H,8-9,12-13,17-18H2,1-5H3,(H,32,38)(H,33,34)(H,35,36)/t21?,23?,26-/m0/s1. The summed E-state index contributed by atoms with van der Waals surface area (Å²) in [5.41, 5.74) is 3.52. The third kappa shape index (κ3) is 8.83. The maximum atomic E-state index is 12.9. The summed E-state index contributed by atoms with van der Waals surface area (Å²) in [5, 5.41) is 15.3. The van der Waals surface area contributed by atoms with Crippen molar-refractivity contribution in [1.29, 1.82) is 0 Å². The van der Waals surface area contributed by atoms with E-state index in [1.165, 1.54) is 7.11 Å². The molecule has 9 nitrogen and oxygen atoms in total. The van der Waals surface area contributed by atoms with Crippen LogP contribution in [0.5, 0.6) is 0 Å². The molecule has 0 bridgehead atoms. The van der Waals surface area contributed by atoms with Crippen LogP contribution in [0.4, 0.5) is 4.79 Å². The Morgan fingerprint density at radius 3 is 2.20 bits per heavy atom. The molecule has 1 aliphatic rings. The molecule has 1 saturated carbocycles. The number of esters is 1. The quantitative estimate of drug-likeness (QED) is 0.378. The summed E-state index contributed by atoms with van der Waals surface area (Å²) >= 11 is 0. The Morgan fingerprint density at radius 1 is 1.00 bits per heavy atom. The highest BCUT2D eigenvalue weighted by Crippen LogP contribution is 2.29. The largest absolute Gasteiger partial charge is 0.480 e. The molecule has 0 radical (unpaired) electrons. The zero-order chi connectivity index (χ0) is 29.4. The van der Waals surface area contributed by atoms with Gasteiger partial charge in [-0.2, -0.15) is 0 Å². The van der Waals surface area contributed by atoms with Crippen molar-refractivity contribution in [3.8, 4) is 11.1 Å². The van der Waals surface area contributed by atoms with Crippen LogP contribution in [0.1, 0.15) is 67.9 Å². The summed E-state index contributed by atoms with van der Waals surface area (Å²) in [4.78, 5) is 48.5. The number of carboxylic acids is 1. The minimum atomic E-state index is -1.08. The number of aliphatic carboxylic acids is 1. The SMILES string of the molecule is COC(=O)c1ccc(-c2ccc(C[C@H](NC(=O)C3CCC(CNC(=O)OC(C)(C)C)CC3)C(=O)O)cc2)c(C)c1. The first kappa shape index (κ1) is 30.7. The first-order valence-corrected chi connectivity index (χ1v) is 13.6. The maximum Gasteiger partial charge on any atom is 0.407 e. The summed E-state index contributed by atoms with van der Waals surface area (Å²) in [7, 11) is 1.34. The third-order valence-electron chi connectivity index (χ3n) is 7.12. The predicted molar refractivity (Wildman–Crippen MR) is 151 cm³/mol. The van der Waals surface area contributed by atoms with Crippen LogP contribution in [-0.4, -0.2) is 54.3 Å². The van der Waals surface area contributed by atoms with E-state index in [1.807, 2.05) is 58.0 Å². The lowest BCUT2D eigenvalue weighted by Gasteiger charge is -2.29. The van der Waals surface area contributed by atoms with Crippen molar-refractivity contribution in [2.45, 2.75) is 71.4 Å². The van der Waals surface area contributed by atoms with Crippen molar-refractivity contribution in [1.82, 2.24) is 10.6 Å². The van der Waals surface area contributed by atoms with Gasteiger partial charge in [0, 0.05) is 18.9 Å². The Kier molecular flexibility index (Phi) is 10.3. The van der Waals surface area contributed by atoms with E-state index in [-0.39, 0.29) is 24.2 Å². The molecule has 0 spiro atoms. The van der Waals surface area contributed by atoms with Crippen molar-refractivity contribution in [2.75, 3.05) is 13.7 Å². The summed E-state index contributed by atoms with van der Waals surface area (Å²) in [6.45, 7) is 7.84. The number of rotatable bonds is 9. The van der Waals surface area contributed by atoms with E-state index in [1.54, 1.807) is 12.1 Å². The number of hydrogen-bond acceptors (Lipinski definition) is 6. The minimum Gasteiger partial charge on any atom is -0.480 e. The molecule has 9 heteroatoms. The molecule has 0 heterocycles. The molecule has 2 amide bonds. The highest BCUT2D eigenvalue weighted by molar-refractivity contribution is 5.90. The molecule has 3 N–H and O–H groups in total.